The third-order valence-corrected chi connectivity index (χ3v) is 3.16. The van der Waals surface area contributed by atoms with Crippen molar-refractivity contribution in [3.05, 3.63) is 47.3 Å². The second kappa shape index (κ2) is 6.38. The van der Waals surface area contributed by atoms with Gasteiger partial charge in [-0.15, -0.1) is 0 Å². The monoisotopic (exact) mass is 305 g/mol. The fourth-order valence-corrected chi connectivity index (χ4v) is 1.93. The zero-order chi connectivity index (χ0) is 16.3. The molecule has 22 heavy (non-hydrogen) atoms. The molecular weight excluding hydrogens is 289 g/mol. The van der Waals surface area contributed by atoms with Crippen molar-refractivity contribution in [3.63, 3.8) is 0 Å². The molecule has 2 aromatic rings. The van der Waals surface area contributed by atoms with Crippen molar-refractivity contribution in [1.82, 2.24) is 15.1 Å². The number of aliphatic carboxylic acids is 1. The summed E-state index contributed by atoms with van der Waals surface area (Å²) in [7, 11) is 0. The topological polar surface area (TPSA) is 84.2 Å². The van der Waals surface area contributed by atoms with Gasteiger partial charge in [-0.25, -0.2) is 13.9 Å². The van der Waals surface area contributed by atoms with Crippen LogP contribution in [-0.2, 0) is 4.79 Å². The number of carbonyl (C=O) groups is 2. The van der Waals surface area contributed by atoms with Gasteiger partial charge >= 0.3 is 5.97 Å². The lowest BCUT2D eigenvalue weighted by Crippen LogP contribution is -2.42. The van der Waals surface area contributed by atoms with Crippen molar-refractivity contribution in [2.45, 2.75) is 19.9 Å². The van der Waals surface area contributed by atoms with Crippen LogP contribution in [0.15, 0.2) is 30.3 Å². The van der Waals surface area contributed by atoms with Gasteiger partial charge in [0.1, 0.15) is 6.67 Å². The van der Waals surface area contributed by atoms with Crippen LogP contribution in [-0.4, -0.2) is 39.5 Å². The molecule has 2 N–H and O–H groups in total. The van der Waals surface area contributed by atoms with Crippen molar-refractivity contribution < 1.29 is 19.1 Å². The minimum atomic E-state index is -1.57. The van der Waals surface area contributed by atoms with E-state index in [-0.39, 0.29) is 5.69 Å². The Morgan fingerprint density at radius 1 is 1.32 bits per heavy atom. The molecule has 1 unspecified atom stereocenters. The van der Waals surface area contributed by atoms with E-state index in [9.17, 15) is 14.0 Å². The number of carboxylic acid groups (broad SMARTS) is 1. The Labute approximate surface area is 126 Å². The predicted molar refractivity (Wildman–Crippen MR) is 77.9 cm³/mol. The zero-order valence-corrected chi connectivity index (χ0v) is 12.2. The molecule has 0 saturated heterocycles. The van der Waals surface area contributed by atoms with Crippen molar-refractivity contribution in [1.29, 1.82) is 0 Å². The summed E-state index contributed by atoms with van der Waals surface area (Å²) in [6.07, 6.45) is 0. The summed E-state index contributed by atoms with van der Waals surface area (Å²) in [4.78, 5) is 22.7. The fraction of sp³-hybridized carbons (Fsp3) is 0.267. The smallest absolute Gasteiger partial charge is 0.328 e. The molecule has 1 atom stereocenters. The SMILES string of the molecule is Cc1ccc(-n2nc(C(=O)NC(CF)C(=O)O)cc2C)cc1. The summed E-state index contributed by atoms with van der Waals surface area (Å²) in [5.41, 5.74) is 2.63. The number of alkyl halides is 1. The average Bonchev–Trinajstić information content (AvgIpc) is 2.87. The number of hydrogen-bond acceptors (Lipinski definition) is 3. The van der Waals surface area contributed by atoms with E-state index in [2.05, 4.69) is 10.4 Å². The molecule has 0 aliphatic heterocycles. The molecule has 116 valence electrons. The molecule has 1 aromatic heterocycles. The Morgan fingerprint density at radius 3 is 2.50 bits per heavy atom. The first-order chi connectivity index (χ1) is 10.4. The van der Waals surface area contributed by atoms with Gasteiger partial charge in [0.15, 0.2) is 11.7 Å². The van der Waals surface area contributed by atoms with E-state index in [1.54, 1.807) is 11.6 Å². The maximum absolute atomic E-state index is 12.6. The van der Waals surface area contributed by atoms with Crippen LogP contribution < -0.4 is 5.32 Å². The predicted octanol–water partition coefficient (Wildman–Crippen LogP) is 1.64. The number of amides is 1. The zero-order valence-electron chi connectivity index (χ0n) is 12.2. The van der Waals surface area contributed by atoms with E-state index < -0.39 is 24.6 Å². The molecule has 1 aromatic carbocycles. The number of halogens is 1. The fourth-order valence-electron chi connectivity index (χ4n) is 1.93. The largest absolute Gasteiger partial charge is 0.480 e. The van der Waals surface area contributed by atoms with Gasteiger partial charge in [-0.3, -0.25) is 4.79 Å². The van der Waals surface area contributed by atoms with Crippen LogP contribution in [0.25, 0.3) is 5.69 Å². The molecule has 0 aliphatic rings. The van der Waals surface area contributed by atoms with Crippen LogP contribution in [0.2, 0.25) is 0 Å². The third kappa shape index (κ3) is 3.30. The number of carbonyl (C=O) groups excluding carboxylic acids is 1. The summed E-state index contributed by atoms with van der Waals surface area (Å²) < 4.78 is 14.1. The highest BCUT2D eigenvalue weighted by molar-refractivity contribution is 5.95. The quantitative estimate of drug-likeness (QED) is 0.879. The number of aromatic nitrogens is 2. The van der Waals surface area contributed by atoms with Gasteiger partial charge in [0.25, 0.3) is 5.91 Å². The second-order valence-corrected chi connectivity index (χ2v) is 4.94. The Hall–Kier alpha value is -2.70. The van der Waals surface area contributed by atoms with E-state index in [4.69, 9.17) is 5.11 Å². The van der Waals surface area contributed by atoms with Gasteiger partial charge < -0.3 is 10.4 Å². The Bertz CT molecular complexity index is 695. The Balaban J connectivity index is 2.24. The lowest BCUT2D eigenvalue weighted by molar-refractivity contribution is -0.139. The van der Waals surface area contributed by atoms with Gasteiger partial charge in [0.2, 0.25) is 0 Å². The van der Waals surface area contributed by atoms with E-state index in [1.165, 1.54) is 6.07 Å². The second-order valence-electron chi connectivity index (χ2n) is 4.94. The van der Waals surface area contributed by atoms with Gasteiger partial charge in [-0.2, -0.15) is 5.10 Å². The van der Waals surface area contributed by atoms with Gasteiger partial charge in [-0.05, 0) is 32.0 Å². The molecule has 0 radical (unpaired) electrons. The normalized spacial score (nSPS) is 12.0. The molecule has 6 nitrogen and oxygen atoms in total. The lowest BCUT2D eigenvalue weighted by Gasteiger charge is -2.09. The summed E-state index contributed by atoms with van der Waals surface area (Å²) in [6, 6.07) is 7.50. The Morgan fingerprint density at radius 2 is 1.95 bits per heavy atom. The molecule has 1 heterocycles. The summed E-state index contributed by atoms with van der Waals surface area (Å²) in [5, 5.41) is 15.0. The van der Waals surface area contributed by atoms with Crippen LogP contribution >= 0.6 is 0 Å². The van der Waals surface area contributed by atoms with E-state index in [0.29, 0.717) is 5.69 Å². The van der Waals surface area contributed by atoms with Crippen LogP contribution in [0.4, 0.5) is 4.39 Å². The molecule has 0 bridgehead atoms. The van der Waals surface area contributed by atoms with E-state index >= 15 is 0 Å². The lowest BCUT2D eigenvalue weighted by atomic mass is 10.2. The summed E-state index contributed by atoms with van der Waals surface area (Å²) in [5.74, 6) is -2.15. The third-order valence-electron chi connectivity index (χ3n) is 3.16. The first-order valence-corrected chi connectivity index (χ1v) is 6.65. The van der Waals surface area contributed by atoms with Gasteiger partial charge in [0.05, 0.1) is 5.69 Å². The van der Waals surface area contributed by atoms with Crippen LogP contribution in [0, 0.1) is 13.8 Å². The summed E-state index contributed by atoms with van der Waals surface area (Å²) in [6.45, 7) is 2.55. The van der Waals surface area contributed by atoms with Crippen molar-refractivity contribution >= 4 is 11.9 Å². The highest BCUT2D eigenvalue weighted by atomic mass is 19.1. The molecule has 0 saturated carbocycles. The molecular formula is C15H16FN3O3. The van der Waals surface area contributed by atoms with E-state index in [0.717, 1.165) is 11.3 Å². The minimum Gasteiger partial charge on any atom is -0.480 e. The standard InChI is InChI=1S/C15H16FN3O3/c1-9-3-5-11(6-4-9)19-10(2)7-12(18-19)14(20)17-13(8-16)15(21)22/h3-7,13H,8H2,1-2H3,(H,17,20)(H,21,22). The molecule has 0 aliphatic carbocycles. The number of nitrogens with zero attached hydrogens (tertiary/aromatic N) is 2. The maximum atomic E-state index is 12.6. The number of aryl methyl sites for hydroxylation is 2. The Kier molecular flexibility index (Phi) is 4.55. The minimum absolute atomic E-state index is 0.0396. The summed E-state index contributed by atoms with van der Waals surface area (Å²) >= 11 is 0. The van der Waals surface area contributed by atoms with Gasteiger partial charge in [0, 0.05) is 5.69 Å². The van der Waals surface area contributed by atoms with Crippen LogP contribution in [0.5, 0.6) is 0 Å². The van der Waals surface area contributed by atoms with Crippen LogP contribution in [0.3, 0.4) is 0 Å². The average molecular weight is 305 g/mol. The molecule has 0 fully saturated rings. The first-order valence-electron chi connectivity index (χ1n) is 6.65. The molecule has 2 rings (SSSR count). The highest BCUT2D eigenvalue weighted by Gasteiger charge is 2.22. The number of hydrogen-bond donors (Lipinski definition) is 2. The molecule has 1 amide bonds. The number of nitrogens with one attached hydrogen (secondary N) is 1. The first kappa shape index (κ1) is 15.7. The highest BCUT2D eigenvalue weighted by Crippen LogP contribution is 2.13. The molecule has 0 spiro atoms. The number of carboxylic acids is 1. The number of benzene rings is 1. The van der Waals surface area contributed by atoms with E-state index in [1.807, 2.05) is 31.2 Å². The van der Waals surface area contributed by atoms with Crippen molar-refractivity contribution in [2.24, 2.45) is 0 Å². The van der Waals surface area contributed by atoms with Crippen molar-refractivity contribution in [3.8, 4) is 5.69 Å². The maximum Gasteiger partial charge on any atom is 0.328 e. The number of rotatable bonds is 5. The molecule has 7 heteroatoms. The van der Waals surface area contributed by atoms with Crippen LogP contribution in [0.1, 0.15) is 21.7 Å². The van der Waals surface area contributed by atoms with Crippen molar-refractivity contribution in [2.75, 3.05) is 6.67 Å². The van der Waals surface area contributed by atoms with Gasteiger partial charge in [-0.1, -0.05) is 17.7 Å².